The van der Waals surface area contributed by atoms with Gasteiger partial charge in [-0.2, -0.15) is 5.26 Å². The van der Waals surface area contributed by atoms with Gasteiger partial charge in [0.25, 0.3) is 0 Å². The first-order chi connectivity index (χ1) is 7.13. The Kier molecular flexibility index (Phi) is 3.69. The average Bonchev–Trinajstić information content (AvgIpc) is 2.20. The predicted molar refractivity (Wildman–Crippen MR) is 56.4 cm³/mol. The van der Waals surface area contributed by atoms with Crippen LogP contribution in [0, 0.1) is 11.3 Å². The molecule has 4 heteroatoms. The van der Waals surface area contributed by atoms with Crippen LogP contribution >= 0.6 is 0 Å². The van der Waals surface area contributed by atoms with Gasteiger partial charge in [0.2, 0.25) is 5.91 Å². The molecule has 0 saturated carbocycles. The molecule has 78 valence electrons. The van der Waals surface area contributed by atoms with Crippen LogP contribution in [0.5, 0.6) is 5.75 Å². The van der Waals surface area contributed by atoms with E-state index >= 15 is 0 Å². The van der Waals surface area contributed by atoms with Crippen molar-refractivity contribution in [3.05, 3.63) is 24.3 Å². The molecule has 1 aromatic carbocycles. The molecule has 1 aromatic rings. The minimum absolute atomic E-state index is 0.171. The summed E-state index contributed by atoms with van der Waals surface area (Å²) in [6.45, 7) is 3.06. The van der Waals surface area contributed by atoms with Crippen molar-refractivity contribution in [2.45, 2.75) is 20.0 Å². The topological polar surface area (TPSA) is 62.1 Å². The molecular weight excluding hydrogens is 192 g/mol. The van der Waals surface area contributed by atoms with Gasteiger partial charge in [-0.15, -0.1) is 0 Å². The van der Waals surface area contributed by atoms with Crippen LogP contribution < -0.4 is 10.1 Å². The lowest BCUT2D eigenvalue weighted by Crippen LogP contribution is -2.12. The Morgan fingerprint density at radius 2 is 2.20 bits per heavy atom. The molecule has 4 nitrogen and oxygen atoms in total. The van der Waals surface area contributed by atoms with Crippen LogP contribution in [0.1, 0.15) is 13.8 Å². The van der Waals surface area contributed by atoms with Crippen LogP contribution in [0.3, 0.4) is 0 Å². The Morgan fingerprint density at radius 3 is 2.80 bits per heavy atom. The zero-order valence-electron chi connectivity index (χ0n) is 8.65. The van der Waals surface area contributed by atoms with Gasteiger partial charge in [0.05, 0.1) is 5.69 Å². The number of hydrogen-bond acceptors (Lipinski definition) is 3. The minimum Gasteiger partial charge on any atom is -0.474 e. The second kappa shape index (κ2) is 5.01. The van der Waals surface area contributed by atoms with Gasteiger partial charge in [0, 0.05) is 6.92 Å². The standard InChI is InChI=1S/C11H12N2O2/c1-8(7-12)15-11-6-4-3-5-10(11)13-9(2)14/h3-6,8H,1-2H3,(H,13,14). The molecule has 15 heavy (non-hydrogen) atoms. The number of nitrogens with one attached hydrogen (secondary N) is 1. The number of anilines is 1. The lowest BCUT2D eigenvalue weighted by Gasteiger charge is -2.12. The number of ether oxygens (including phenoxy) is 1. The summed E-state index contributed by atoms with van der Waals surface area (Å²) in [6.07, 6.45) is -0.542. The second-order valence-electron chi connectivity index (χ2n) is 3.07. The first kappa shape index (κ1) is 11.1. The molecule has 0 aliphatic heterocycles. The van der Waals surface area contributed by atoms with E-state index in [0.29, 0.717) is 11.4 Å². The van der Waals surface area contributed by atoms with Crippen LogP contribution in [0.25, 0.3) is 0 Å². The van der Waals surface area contributed by atoms with Crippen LogP contribution in [0.15, 0.2) is 24.3 Å². The summed E-state index contributed by atoms with van der Waals surface area (Å²) in [7, 11) is 0. The molecule has 1 atom stereocenters. The molecule has 0 spiro atoms. The maximum atomic E-state index is 10.9. The van der Waals surface area contributed by atoms with Gasteiger partial charge in [-0.05, 0) is 19.1 Å². The third-order valence-corrected chi connectivity index (χ3v) is 1.68. The van der Waals surface area contributed by atoms with Crippen molar-refractivity contribution in [1.29, 1.82) is 5.26 Å². The largest absolute Gasteiger partial charge is 0.474 e. The molecule has 1 amide bonds. The van der Waals surface area contributed by atoms with Crippen LogP contribution in [-0.4, -0.2) is 12.0 Å². The van der Waals surface area contributed by atoms with E-state index in [4.69, 9.17) is 10.00 Å². The summed E-state index contributed by atoms with van der Waals surface area (Å²) >= 11 is 0. The number of para-hydroxylation sites is 2. The summed E-state index contributed by atoms with van der Waals surface area (Å²) in [5, 5.41) is 11.2. The maximum Gasteiger partial charge on any atom is 0.221 e. The third kappa shape index (κ3) is 3.31. The minimum atomic E-state index is -0.542. The fraction of sp³-hybridized carbons (Fsp3) is 0.273. The molecule has 1 rings (SSSR count). The first-order valence-corrected chi connectivity index (χ1v) is 4.56. The van der Waals surface area contributed by atoms with Crippen molar-refractivity contribution in [2.24, 2.45) is 0 Å². The van der Waals surface area contributed by atoms with Crippen LogP contribution in [-0.2, 0) is 4.79 Å². The number of nitrogens with zero attached hydrogens (tertiary/aromatic N) is 1. The summed E-state index contributed by atoms with van der Waals surface area (Å²) < 4.78 is 5.32. The van der Waals surface area contributed by atoms with Gasteiger partial charge in [-0.1, -0.05) is 12.1 Å². The Labute approximate surface area is 88.5 Å². The Hall–Kier alpha value is -2.02. The number of rotatable bonds is 3. The summed E-state index contributed by atoms with van der Waals surface area (Å²) in [5.41, 5.74) is 0.576. The summed E-state index contributed by atoms with van der Waals surface area (Å²) in [6, 6.07) is 8.96. The zero-order chi connectivity index (χ0) is 11.3. The molecule has 0 fully saturated rings. The van der Waals surface area contributed by atoms with Crippen molar-refractivity contribution < 1.29 is 9.53 Å². The van der Waals surface area contributed by atoms with E-state index in [9.17, 15) is 4.79 Å². The van der Waals surface area contributed by atoms with Crippen LogP contribution in [0.4, 0.5) is 5.69 Å². The number of amides is 1. The summed E-state index contributed by atoms with van der Waals surface area (Å²) in [5.74, 6) is 0.331. The number of benzene rings is 1. The number of nitriles is 1. The van der Waals surface area contributed by atoms with Crippen molar-refractivity contribution in [2.75, 3.05) is 5.32 Å². The fourth-order valence-corrected chi connectivity index (χ4v) is 1.08. The highest BCUT2D eigenvalue weighted by Crippen LogP contribution is 2.24. The maximum absolute atomic E-state index is 10.9. The Balaban J connectivity index is 2.87. The van der Waals surface area contributed by atoms with E-state index in [0.717, 1.165) is 0 Å². The average molecular weight is 204 g/mol. The number of carbonyl (C=O) groups excluding carboxylic acids is 1. The molecular formula is C11H12N2O2. The van der Waals surface area contributed by atoms with Gasteiger partial charge < -0.3 is 10.1 Å². The van der Waals surface area contributed by atoms with E-state index in [2.05, 4.69) is 5.32 Å². The monoisotopic (exact) mass is 204 g/mol. The highest BCUT2D eigenvalue weighted by molar-refractivity contribution is 5.90. The van der Waals surface area contributed by atoms with E-state index in [1.165, 1.54) is 6.92 Å². The Morgan fingerprint density at radius 1 is 1.53 bits per heavy atom. The Bertz CT molecular complexity index is 396. The van der Waals surface area contributed by atoms with Crippen molar-refractivity contribution in [3.8, 4) is 11.8 Å². The summed E-state index contributed by atoms with van der Waals surface area (Å²) in [4.78, 5) is 10.9. The van der Waals surface area contributed by atoms with E-state index in [1.807, 2.05) is 6.07 Å². The van der Waals surface area contributed by atoms with Crippen molar-refractivity contribution >= 4 is 11.6 Å². The number of carbonyl (C=O) groups is 1. The molecule has 0 radical (unpaired) electrons. The molecule has 0 aliphatic rings. The van der Waals surface area contributed by atoms with Crippen molar-refractivity contribution in [3.63, 3.8) is 0 Å². The molecule has 1 unspecified atom stereocenters. The lowest BCUT2D eigenvalue weighted by atomic mass is 10.3. The van der Waals surface area contributed by atoms with Gasteiger partial charge in [0.15, 0.2) is 6.10 Å². The van der Waals surface area contributed by atoms with Gasteiger partial charge in [0.1, 0.15) is 11.8 Å². The van der Waals surface area contributed by atoms with E-state index in [1.54, 1.807) is 31.2 Å². The van der Waals surface area contributed by atoms with Gasteiger partial charge >= 0.3 is 0 Å². The molecule has 0 aromatic heterocycles. The fourth-order valence-electron chi connectivity index (χ4n) is 1.08. The number of hydrogen-bond donors (Lipinski definition) is 1. The van der Waals surface area contributed by atoms with Gasteiger partial charge in [-0.3, -0.25) is 4.79 Å². The molecule has 0 aliphatic carbocycles. The second-order valence-corrected chi connectivity index (χ2v) is 3.07. The highest BCUT2D eigenvalue weighted by atomic mass is 16.5. The zero-order valence-corrected chi connectivity index (χ0v) is 8.65. The predicted octanol–water partition coefficient (Wildman–Crippen LogP) is 1.94. The molecule has 0 bridgehead atoms. The first-order valence-electron chi connectivity index (χ1n) is 4.56. The molecule has 0 saturated heterocycles. The third-order valence-electron chi connectivity index (χ3n) is 1.68. The van der Waals surface area contributed by atoms with Crippen molar-refractivity contribution in [1.82, 2.24) is 0 Å². The van der Waals surface area contributed by atoms with E-state index in [-0.39, 0.29) is 5.91 Å². The molecule has 0 heterocycles. The lowest BCUT2D eigenvalue weighted by molar-refractivity contribution is -0.114. The molecule has 1 N–H and O–H groups in total. The van der Waals surface area contributed by atoms with Gasteiger partial charge in [-0.25, -0.2) is 0 Å². The van der Waals surface area contributed by atoms with E-state index < -0.39 is 6.10 Å². The normalized spacial score (nSPS) is 11.3. The SMILES string of the molecule is CC(=O)Nc1ccccc1OC(C)C#N. The van der Waals surface area contributed by atoms with Crippen LogP contribution in [0.2, 0.25) is 0 Å². The quantitative estimate of drug-likeness (QED) is 0.818. The smallest absolute Gasteiger partial charge is 0.221 e. The highest BCUT2D eigenvalue weighted by Gasteiger charge is 2.07.